The van der Waals surface area contributed by atoms with E-state index in [-0.39, 0.29) is 11.8 Å². The lowest BCUT2D eigenvalue weighted by molar-refractivity contribution is -0.133. The molecule has 1 amide bonds. The predicted octanol–water partition coefficient (Wildman–Crippen LogP) is 0.941. The van der Waals surface area contributed by atoms with Crippen LogP contribution in [-0.4, -0.2) is 96.1 Å². The van der Waals surface area contributed by atoms with Gasteiger partial charge in [0.2, 0.25) is 11.8 Å². The van der Waals surface area contributed by atoms with Crippen LogP contribution in [0.3, 0.4) is 0 Å². The highest BCUT2D eigenvalue weighted by molar-refractivity contribution is 5.80. The fourth-order valence-electron chi connectivity index (χ4n) is 3.77. The Morgan fingerprint density at radius 3 is 2.45 bits per heavy atom. The molecular weight excluding hydrogens is 370 g/mol. The molecule has 0 aromatic carbocycles. The second kappa shape index (κ2) is 10.6. The summed E-state index contributed by atoms with van der Waals surface area (Å²) in [5, 5.41) is 7.39. The molecule has 162 valence electrons. The lowest BCUT2D eigenvalue weighted by Crippen LogP contribution is -2.54. The summed E-state index contributed by atoms with van der Waals surface area (Å²) in [4.78, 5) is 27.8. The van der Waals surface area contributed by atoms with Gasteiger partial charge in [-0.3, -0.25) is 14.7 Å². The highest BCUT2D eigenvalue weighted by atomic mass is 16.5. The summed E-state index contributed by atoms with van der Waals surface area (Å²) in [5.41, 5.74) is 0. The monoisotopic (exact) mass is 405 g/mol. The molecule has 0 aliphatic carbocycles. The van der Waals surface area contributed by atoms with Gasteiger partial charge in [-0.1, -0.05) is 19.0 Å². The van der Waals surface area contributed by atoms with Gasteiger partial charge in [0.15, 0.2) is 11.8 Å². The van der Waals surface area contributed by atoms with Gasteiger partial charge >= 0.3 is 0 Å². The average Bonchev–Trinajstić information content (AvgIpc) is 3.22. The van der Waals surface area contributed by atoms with Gasteiger partial charge in [-0.2, -0.15) is 4.98 Å². The van der Waals surface area contributed by atoms with E-state index >= 15 is 0 Å². The molecule has 9 heteroatoms. The number of likely N-dealkylation sites (tertiary alicyclic amines) is 1. The van der Waals surface area contributed by atoms with Crippen molar-refractivity contribution in [3.05, 3.63) is 11.7 Å². The molecule has 9 nitrogen and oxygen atoms in total. The number of aliphatic imine (C=N–C) groups is 1. The minimum absolute atomic E-state index is 0.270. The van der Waals surface area contributed by atoms with E-state index < -0.39 is 0 Å². The van der Waals surface area contributed by atoms with E-state index in [1.54, 1.807) is 7.05 Å². The molecule has 3 heterocycles. The smallest absolute Gasteiger partial charge is 0.236 e. The Hall–Kier alpha value is -2.16. The van der Waals surface area contributed by atoms with Crippen molar-refractivity contribution in [3.8, 4) is 0 Å². The number of piperidine rings is 1. The van der Waals surface area contributed by atoms with Gasteiger partial charge in [0.05, 0.1) is 6.54 Å². The molecule has 2 aliphatic heterocycles. The molecule has 0 spiro atoms. The third-order valence-electron chi connectivity index (χ3n) is 5.57. The Kier molecular flexibility index (Phi) is 7.85. The number of hydrogen-bond donors (Lipinski definition) is 1. The molecule has 2 saturated heterocycles. The molecule has 0 bridgehead atoms. The highest BCUT2D eigenvalue weighted by Crippen LogP contribution is 2.11. The van der Waals surface area contributed by atoms with Crippen molar-refractivity contribution >= 4 is 11.9 Å². The van der Waals surface area contributed by atoms with Crippen LogP contribution in [0.1, 0.15) is 50.7 Å². The summed E-state index contributed by atoms with van der Waals surface area (Å²) in [6, 6.07) is 0. The van der Waals surface area contributed by atoms with Gasteiger partial charge < -0.3 is 19.6 Å². The Bertz CT molecular complexity index is 674. The molecule has 0 radical (unpaired) electrons. The summed E-state index contributed by atoms with van der Waals surface area (Å²) in [6.45, 7) is 10.7. The van der Waals surface area contributed by atoms with Crippen molar-refractivity contribution in [3.63, 3.8) is 0 Å². The van der Waals surface area contributed by atoms with E-state index in [4.69, 9.17) is 4.52 Å². The normalized spacial score (nSPS) is 19.1. The van der Waals surface area contributed by atoms with Crippen LogP contribution in [-0.2, 0) is 11.2 Å². The lowest BCUT2D eigenvalue weighted by atomic mass is 10.1. The molecule has 2 fully saturated rings. The summed E-state index contributed by atoms with van der Waals surface area (Å²) in [7, 11) is 1.80. The molecular formula is C20H35N7O2. The maximum atomic E-state index is 12.5. The number of piperazine rings is 1. The third kappa shape index (κ3) is 6.16. The van der Waals surface area contributed by atoms with Crippen LogP contribution in [0.15, 0.2) is 9.52 Å². The number of rotatable bonds is 6. The fourth-order valence-corrected chi connectivity index (χ4v) is 3.77. The van der Waals surface area contributed by atoms with Gasteiger partial charge in [0.25, 0.3) is 0 Å². The molecule has 1 N–H and O–H groups in total. The average molecular weight is 406 g/mol. The lowest BCUT2D eigenvalue weighted by Gasteiger charge is -2.37. The van der Waals surface area contributed by atoms with Crippen LogP contribution >= 0.6 is 0 Å². The molecule has 1 aromatic rings. The number of guanidine groups is 1. The fraction of sp³-hybridized carbons (Fsp3) is 0.800. The zero-order valence-corrected chi connectivity index (χ0v) is 18.1. The van der Waals surface area contributed by atoms with Gasteiger partial charge in [-0.15, -0.1) is 0 Å². The van der Waals surface area contributed by atoms with Gasteiger partial charge in [-0.05, 0) is 19.3 Å². The molecule has 1 aromatic heterocycles. The Labute approximate surface area is 173 Å². The van der Waals surface area contributed by atoms with Crippen LogP contribution < -0.4 is 5.32 Å². The van der Waals surface area contributed by atoms with Crippen LogP contribution in [0.25, 0.3) is 0 Å². The van der Waals surface area contributed by atoms with Gasteiger partial charge in [0.1, 0.15) is 0 Å². The first-order valence-corrected chi connectivity index (χ1v) is 10.8. The van der Waals surface area contributed by atoms with E-state index in [1.165, 1.54) is 6.42 Å². The van der Waals surface area contributed by atoms with Crippen LogP contribution in [0.5, 0.6) is 0 Å². The maximum absolute atomic E-state index is 12.5. The minimum atomic E-state index is 0.270. The zero-order valence-electron chi connectivity index (χ0n) is 18.1. The number of aromatic nitrogens is 2. The van der Waals surface area contributed by atoms with Crippen molar-refractivity contribution in [2.75, 3.05) is 59.4 Å². The first-order chi connectivity index (χ1) is 14.1. The van der Waals surface area contributed by atoms with E-state index in [9.17, 15) is 4.79 Å². The van der Waals surface area contributed by atoms with Crippen molar-refractivity contribution < 1.29 is 9.32 Å². The van der Waals surface area contributed by atoms with Gasteiger partial charge in [0, 0.05) is 65.2 Å². The van der Waals surface area contributed by atoms with Crippen molar-refractivity contribution in [1.82, 2.24) is 30.2 Å². The van der Waals surface area contributed by atoms with Crippen LogP contribution in [0, 0.1) is 0 Å². The Balaban J connectivity index is 1.38. The SMILES string of the molecule is CN=C(NCCc1nc(C(C)C)no1)N1CCN(CC(=O)N2CCCCC2)CC1. The topological polar surface area (TPSA) is 90.1 Å². The maximum Gasteiger partial charge on any atom is 0.236 e. The number of hydrogen-bond acceptors (Lipinski definition) is 6. The molecule has 0 unspecified atom stereocenters. The molecule has 2 aliphatic rings. The second-order valence-corrected chi connectivity index (χ2v) is 8.13. The molecule has 0 atom stereocenters. The second-order valence-electron chi connectivity index (χ2n) is 8.13. The van der Waals surface area contributed by atoms with Crippen LogP contribution in [0.4, 0.5) is 0 Å². The number of amides is 1. The van der Waals surface area contributed by atoms with E-state index in [1.807, 2.05) is 4.90 Å². The number of carbonyl (C=O) groups is 1. The Morgan fingerprint density at radius 2 is 1.83 bits per heavy atom. The number of nitrogens with zero attached hydrogens (tertiary/aromatic N) is 6. The van der Waals surface area contributed by atoms with Crippen molar-refractivity contribution in [2.45, 2.75) is 45.4 Å². The molecule has 0 saturated carbocycles. The summed E-state index contributed by atoms with van der Waals surface area (Å²) < 4.78 is 5.29. The summed E-state index contributed by atoms with van der Waals surface area (Å²) in [6.07, 6.45) is 4.21. The Morgan fingerprint density at radius 1 is 1.10 bits per heavy atom. The van der Waals surface area contributed by atoms with Gasteiger partial charge in [-0.25, -0.2) is 0 Å². The molecule has 29 heavy (non-hydrogen) atoms. The quantitative estimate of drug-likeness (QED) is 0.556. The van der Waals surface area contributed by atoms with E-state index in [2.05, 4.69) is 44.1 Å². The standard InChI is InChI=1S/C20H35N7O2/c1-16(2)19-23-17(29-24-19)7-8-22-20(21-3)27-13-11-25(12-14-27)15-18(28)26-9-5-4-6-10-26/h16H,4-15H2,1-3H3,(H,21,22). The first kappa shape index (κ1) is 21.5. The van der Waals surface area contributed by atoms with E-state index in [0.29, 0.717) is 25.4 Å². The third-order valence-corrected chi connectivity index (χ3v) is 5.57. The van der Waals surface area contributed by atoms with Crippen molar-refractivity contribution in [1.29, 1.82) is 0 Å². The van der Waals surface area contributed by atoms with E-state index in [0.717, 1.165) is 63.9 Å². The number of carbonyl (C=O) groups excluding carboxylic acids is 1. The van der Waals surface area contributed by atoms with Crippen LogP contribution in [0.2, 0.25) is 0 Å². The minimum Gasteiger partial charge on any atom is -0.356 e. The van der Waals surface area contributed by atoms with Crippen molar-refractivity contribution in [2.24, 2.45) is 4.99 Å². The zero-order chi connectivity index (χ0) is 20.6. The highest BCUT2D eigenvalue weighted by Gasteiger charge is 2.24. The first-order valence-electron chi connectivity index (χ1n) is 10.8. The predicted molar refractivity (Wildman–Crippen MR) is 112 cm³/mol. The number of nitrogens with one attached hydrogen (secondary N) is 1. The molecule has 3 rings (SSSR count). The largest absolute Gasteiger partial charge is 0.356 e. The summed E-state index contributed by atoms with van der Waals surface area (Å²) in [5.74, 6) is 2.83. The summed E-state index contributed by atoms with van der Waals surface area (Å²) >= 11 is 0.